The fourth-order valence-electron chi connectivity index (χ4n) is 4.86. The van der Waals surface area contributed by atoms with E-state index >= 15 is 0 Å². The molecule has 0 amide bonds. The molecule has 32 heavy (non-hydrogen) atoms. The topological polar surface area (TPSA) is 52.0 Å². The predicted molar refractivity (Wildman–Crippen MR) is 128 cm³/mol. The highest BCUT2D eigenvalue weighted by atomic mass is 35.5. The number of fused-ring (bicyclic) bond motifs is 3. The normalized spacial score (nSPS) is 20.9. The number of ether oxygens (including phenoxy) is 1. The second-order valence-corrected chi connectivity index (χ2v) is 10.5. The molecule has 2 aromatic carbocycles. The first-order chi connectivity index (χ1) is 15.4. The zero-order valence-corrected chi connectivity index (χ0v) is 19.8. The second-order valence-electron chi connectivity index (χ2n) is 10.1. The molecule has 6 heteroatoms. The van der Waals surface area contributed by atoms with E-state index < -0.39 is 0 Å². The van der Waals surface area contributed by atoms with Crippen LogP contribution in [0, 0.1) is 0 Å². The van der Waals surface area contributed by atoms with Crippen molar-refractivity contribution in [1.29, 1.82) is 0 Å². The van der Waals surface area contributed by atoms with E-state index in [9.17, 15) is 0 Å². The summed E-state index contributed by atoms with van der Waals surface area (Å²) in [5, 5.41) is 13.4. The van der Waals surface area contributed by atoms with Crippen LogP contribution in [0.3, 0.4) is 0 Å². The molecular formula is C26H31ClN4O. The molecule has 2 heterocycles. The van der Waals surface area contributed by atoms with Crippen molar-refractivity contribution in [2.45, 2.75) is 77.0 Å². The van der Waals surface area contributed by atoms with E-state index in [1.807, 2.05) is 12.1 Å². The van der Waals surface area contributed by atoms with Crippen LogP contribution < -0.4 is 10.1 Å². The zero-order chi connectivity index (χ0) is 22.3. The van der Waals surface area contributed by atoms with E-state index in [0.717, 1.165) is 60.3 Å². The van der Waals surface area contributed by atoms with Gasteiger partial charge in [-0.3, -0.25) is 4.57 Å². The van der Waals surface area contributed by atoms with Gasteiger partial charge in [-0.25, -0.2) is 0 Å². The molecule has 5 rings (SSSR count). The fourth-order valence-corrected chi connectivity index (χ4v) is 5.06. The molecule has 5 nitrogen and oxygen atoms in total. The molecule has 1 aliphatic heterocycles. The van der Waals surface area contributed by atoms with E-state index in [1.54, 1.807) is 0 Å². The van der Waals surface area contributed by atoms with Crippen molar-refractivity contribution in [3.05, 3.63) is 70.3 Å². The van der Waals surface area contributed by atoms with Gasteiger partial charge in [0.25, 0.3) is 0 Å². The molecule has 1 fully saturated rings. The van der Waals surface area contributed by atoms with Crippen LogP contribution in [-0.4, -0.2) is 20.9 Å². The molecule has 1 aliphatic carbocycles. The second kappa shape index (κ2) is 8.53. The molecular weight excluding hydrogens is 420 g/mol. The third kappa shape index (κ3) is 4.28. The lowest BCUT2D eigenvalue weighted by Gasteiger charge is -2.29. The number of rotatable bonds is 3. The van der Waals surface area contributed by atoms with Crippen LogP contribution in [0.25, 0.3) is 5.69 Å². The molecule has 2 aliphatic rings. The third-order valence-electron chi connectivity index (χ3n) is 6.68. The number of hydrogen-bond acceptors (Lipinski definition) is 4. The Kier molecular flexibility index (Phi) is 5.72. The molecule has 0 radical (unpaired) electrons. The van der Waals surface area contributed by atoms with Gasteiger partial charge in [0.1, 0.15) is 11.6 Å². The van der Waals surface area contributed by atoms with E-state index in [4.69, 9.17) is 16.3 Å². The summed E-state index contributed by atoms with van der Waals surface area (Å²) in [6.07, 6.45) is 4.41. The van der Waals surface area contributed by atoms with Crippen LogP contribution in [0.2, 0.25) is 5.02 Å². The van der Waals surface area contributed by atoms with Gasteiger partial charge in [-0.2, -0.15) is 0 Å². The summed E-state index contributed by atoms with van der Waals surface area (Å²) in [5.41, 5.74) is 3.76. The maximum Gasteiger partial charge on any atom is 0.151 e. The van der Waals surface area contributed by atoms with E-state index in [1.165, 1.54) is 11.1 Å². The summed E-state index contributed by atoms with van der Waals surface area (Å²) in [7, 11) is 0. The summed E-state index contributed by atoms with van der Waals surface area (Å²) >= 11 is 6.25. The summed E-state index contributed by atoms with van der Waals surface area (Å²) < 4.78 is 8.65. The van der Waals surface area contributed by atoms with E-state index in [2.05, 4.69) is 71.2 Å². The van der Waals surface area contributed by atoms with Gasteiger partial charge in [0.15, 0.2) is 5.82 Å². The van der Waals surface area contributed by atoms with Gasteiger partial charge >= 0.3 is 0 Å². The largest absolute Gasteiger partial charge is 0.490 e. The lowest BCUT2D eigenvalue weighted by molar-refractivity contribution is 0.144. The Hall–Kier alpha value is -2.37. The Morgan fingerprint density at radius 2 is 1.81 bits per heavy atom. The first-order valence-corrected chi connectivity index (χ1v) is 12.0. The summed E-state index contributed by atoms with van der Waals surface area (Å²) in [6.45, 7) is 8.20. The number of nitrogens with one attached hydrogen (secondary N) is 1. The zero-order valence-electron chi connectivity index (χ0n) is 19.1. The molecule has 0 spiro atoms. The Morgan fingerprint density at radius 1 is 1.00 bits per heavy atom. The maximum atomic E-state index is 6.39. The number of benzene rings is 2. The standard InChI is InChI=1S/C26H31ClN4O/c1-26(2,3)19-5-4-6-22(14-19)32-21-10-7-17(8-11-21)25-30-29-24-16-28-15-18-13-20(27)9-12-23(18)31(24)25/h4-6,9,12-14,17,21,28H,7-8,10-11,15-16H2,1-3H3. The van der Waals surface area contributed by atoms with Gasteiger partial charge in [-0.1, -0.05) is 44.5 Å². The van der Waals surface area contributed by atoms with Crippen molar-refractivity contribution in [1.82, 2.24) is 20.1 Å². The lowest BCUT2D eigenvalue weighted by atomic mass is 9.86. The van der Waals surface area contributed by atoms with Gasteiger partial charge in [-0.05, 0) is 72.6 Å². The van der Waals surface area contributed by atoms with Crippen LogP contribution >= 0.6 is 11.6 Å². The monoisotopic (exact) mass is 450 g/mol. The third-order valence-corrected chi connectivity index (χ3v) is 6.91. The SMILES string of the molecule is CC(C)(C)c1cccc(OC2CCC(c3nnc4n3-c3ccc(Cl)cc3CNC4)CC2)c1. The minimum absolute atomic E-state index is 0.123. The lowest BCUT2D eigenvalue weighted by Crippen LogP contribution is -2.25. The van der Waals surface area contributed by atoms with Crippen molar-refractivity contribution < 1.29 is 4.74 Å². The van der Waals surface area contributed by atoms with Crippen LogP contribution in [-0.2, 0) is 18.5 Å². The van der Waals surface area contributed by atoms with Crippen molar-refractivity contribution >= 4 is 11.6 Å². The highest BCUT2D eigenvalue weighted by molar-refractivity contribution is 6.30. The predicted octanol–water partition coefficient (Wildman–Crippen LogP) is 5.93. The summed E-state index contributed by atoms with van der Waals surface area (Å²) in [4.78, 5) is 0. The van der Waals surface area contributed by atoms with Crippen molar-refractivity contribution in [3.63, 3.8) is 0 Å². The molecule has 1 saturated carbocycles. The number of aromatic nitrogens is 3. The van der Waals surface area contributed by atoms with Crippen molar-refractivity contribution in [2.24, 2.45) is 0 Å². The van der Waals surface area contributed by atoms with E-state index in [-0.39, 0.29) is 11.5 Å². The highest BCUT2D eigenvalue weighted by Gasteiger charge is 2.30. The van der Waals surface area contributed by atoms with Gasteiger partial charge < -0.3 is 10.1 Å². The summed E-state index contributed by atoms with van der Waals surface area (Å²) in [5.74, 6) is 3.41. The Labute approximate surface area is 195 Å². The minimum atomic E-state index is 0.123. The Bertz CT molecular complexity index is 1110. The Balaban J connectivity index is 1.31. The highest BCUT2D eigenvalue weighted by Crippen LogP contribution is 2.37. The van der Waals surface area contributed by atoms with Crippen molar-refractivity contribution in [3.8, 4) is 11.4 Å². The molecule has 168 valence electrons. The average Bonchev–Trinajstić information content (AvgIpc) is 3.09. The quantitative estimate of drug-likeness (QED) is 0.537. The first kappa shape index (κ1) is 21.5. The van der Waals surface area contributed by atoms with Gasteiger partial charge in [0, 0.05) is 17.5 Å². The molecule has 0 atom stereocenters. The fraction of sp³-hybridized carbons (Fsp3) is 0.462. The van der Waals surface area contributed by atoms with Crippen LogP contribution in [0.15, 0.2) is 42.5 Å². The van der Waals surface area contributed by atoms with Gasteiger partial charge in [-0.15, -0.1) is 10.2 Å². The van der Waals surface area contributed by atoms with Crippen molar-refractivity contribution in [2.75, 3.05) is 0 Å². The molecule has 3 aromatic rings. The average molecular weight is 451 g/mol. The minimum Gasteiger partial charge on any atom is -0.490 e. The summed E-state index contributed by atoms with van der Waals surface area (Å²) in [6, 6.07) is 14.6. The molecule has 1 N–H and O–H groups in total. The number of nitrogens with zero attached hydrogens (tertiary/aromatic N) is 3. The molecule has 0 bridgehead atoms. The molecule has 0 unspecified atom stereocenters. The smallest absolute Gasteiger partial charge is 0.151 e. The maximum absolute atomic E-state index is 6.39. The number of halogens is 1. The Morgan fingerprint density at radius 3 is 2.59 bits per heavy atom. The van der Waals surface area contributed by atoms with Crippen LogP contribution in [0.1, 0.15) is 75.1 Å². The van der Waals surface area contributed by atoms with Gasteiger partial charge in [0.05, 0.1) is 18.3 Å². The van der Waals surface area contributed by atoms with Crippen LogP contribution in [0.4, 0.5) is 0 Å². The number of hydrogen-bond donors (Lipinski definition) is 1. The molecule has 1 aromatic heterocycles. The van der Waals surface area contributed by atoms with Gasteiger partial charge in [0.2, 0.25) is 0 Å². The van der Waals surface area contributed by atoms with Crippen LogP contribution in [0.5, 0.6) is 5.75 Å². The molecule has 0 saturated heterocycles. The first-order valence-electron chi connectivity index (χ1n) is 11.6. The van der Waals surface area contributed by atoms with E-state index in [0.29, 0.717) is 12.5 Å².